The van der Waals surface area contributed by atoms with Crippen LogP contribution in [0.25, 0.3) is 0 Å². The topological polar surface area (TPSA) is 75.7 Å². The van der Waals surface area contributed by atoms with Crippen LogP contribution in [0.15, 0.2) is 24.3 Å². The fraction of sp³-hybridized carbons (Fsp3) is 0.500. The summed E-state index contributed by atoms with van der Waals surface area (Å²) >= 11 is 0. The number of rotatable bonds is 5. The summed E-state index contributed by atoms with van der Waals surface area (Å²) in [5.41, 5.74) is 1.89. The van der Waals surface area contributed by atoms with Gasteiger partial charge in [0, 0.05) is 24.7 Å². The Hall–Kier alpha value is -2.37. The second kappa shape index (κ2) is 6.63. The summed E-state index contributed by atoms with van der Waals surface area (Å²) < 4.78 is 5.25. The molecule has 2 amide bonds. The van der Waals surface area contributed by atoms with E-state index in [2.05, 4.69) is 5.32 Å². The van der Waals surface area contributed by atoms with Crippen molar-refractivity contribution in [1.29, 1.82) is 0 Å². The Bertz CT molecular complexity index is 651. The lowest BCUT2D eigenvalue weighted by molar-refractivity contribution is -0.158. The van der Waals surface area contributed by atoms with Gasteiger partial charge in [0.2, 0.25) is 5.91 Å². The molecule has 6 nitrogen and oxygen atoms in total. The maximum Gasteiger partial charge on any atom is 0.312 e. The molecule has 2 aliphatic rings. The van der Waals surface area contributed by atoms with Gasteiger partial charge in [-0.15, -0.1) is 0 Å². The number of aryl methyl sites for hydroxylation is 1. The third-order valence-electron chi connectivity index (χ3n) is 4.39. The fourth-order valence-corrected chi connectivity index (χ4v) is 2.71. The van der Waals surface area contributed by atoms with E-state index in [-0.39, 0.29) is 30.8 Å². The van der Waals surface area contributed by atoms with Gasteiger partial charge in [-0.25, -0.2) is 0 Å². The molecular formula is C18H22N2O4. The predicted molar refractivity (Wildman–Crippen MR) is 88.4 cm³/mol. The first kappa shape index (κ1) is 16.5. The van der Waals surface area contributed by atoms with Gasteiger partial charge in [-0.1, -0.05) is 17.7 Å². The number of ether oxygens (including phenoxy) is 1. The molecule has 1 saturated carbocycles. The molecule has 2 atom stereocenters. The summed E-state index contributed by atoms with van der Waals surface area (Å²) in [6.45, 7) is 3.83. The molecule has 0 unspecified atom stereocenters. The van der Waals surface area contributed by atoms with Crippen LogP contribution in [0.1, 0.15) is 31.7 Å². The summed E-state index contributed by atoms with van der Waals surface area (Å²) in [7, 11) is 0. The first-order chi connectivity index (χ1) is 11.4. The molecule has 1 aromatic carbocycles. The zero-order valence-electron chi connectivity index (χ0n) is 14.0. The van der Waals surface area contributed by atoms with Crippen LogP contribution in [0.2, 0.25) is 0 Å². The van der Waals surface area contributed by atoms with Crippen LogP contribution in [0, 0.1) is 12.8 Å². The van der Waals surface area contributed by atoms with Gasteiger partial charge in [-0.05, 0) is 38.8 Å². The quantitative estimate of drug-likeness (QED) is 0.831. The van der Waals surface area contributed by atoms with Gasteiger partial charge in [0.15, 0.2) is 6.10 Å². The first-order valence-corrected chi connectivity index (χ1v) is 8.32. The van der Waals surface area contributed by atoms with Crippen LogP contribution in [0.3, 0.4) is 0 Å². The van der Waals surface area contributed by atoms with Crippen LogP contribution in [0.5, 0.6) is 0 Å². The molecule has 1 heterocycles. The van der Waals surface area contributed by atoms with Crippen molar-refractivity contribution in [3.8, 4) is 0 Å². The number of nitrogens with zero attached hydrogens (tertiary/aromatic N) is 1. The maximum absolute atomic E-state index is 12.3. The Morgan fingerprint density at radius 2 is 1.92 bits per heavy atom. The molecule has 1 aromatic rings. The van der Waals surface area contributed by atoms with Crippen molar-refractivity contribution in [2.75, 3.05) is 11.4 Å². The SMILES string of the molecule is Cc1ccc(N2C[C@@H](C(=O)O[C@H](C)C(=O)NC3CC3)CC2=O)cc1. The molecule has 0 radical (unpaired) electrons. The molecule has 6 heteroatoms. The average molecular weight is 330 g/mol. The maximum atomic E-state index is 12.3. The second-order valence-electron chi connectivity index (χ2n) is 6.60. The predicted octanol–water partition coefficient (Wildman–Crippen LogP) is 1.56. The highest BCUT2D eigenvalue weighted by atomic mass is 16.5. The Morgan fingerprint density at radius 3 is 2.54 bits per heavy atom. The van der Waals surface area contributed by atoms with Gasteiger partial charge in [-0.3, -0.25) is 14.4 Å². The number of amides is 2. The number of hydrogen-bond donors (Lipinski definition) is 1. The Morgan fingerprint density at radius 1 is 1.25 bits per heavy atom. The van der Waals surface area contributed by atoms with E-state index in [1.165, 1.54) is 0 Å². The molecule has 1 aliphatic heterocycles. The number of esters is 1. The van der Waals surface area contributed by atoms with Gasteiger partial charge in [0.05, 0.1) is 5.92 Å². The average Bonchev–Trinajstić information content (AvgIpc) is 3.27. The minimum atomic E-state index is -0.832. The molecule has 128 valence electrons. The van der Waals surface area contributed by atoms with E-state index in [0.717, 1.165) is 24.1 Å². The normalized spacial score (nSPS) is 21.5. The van der Waals surface area contributed by atoms with Crippen LogP contribution < -0.4 is 10.2 Å². The van der Waals surface area contributed by atoms with Crippen molar-refractivity contribution >= 4 is 23.5 Å². The number of carbonyl (C=O) groups excluding carboxylic acids is 3. The van der Waals surface area contributed by atoms with E-state index in [1.54, 1.807) is 11.8 Å². The van der Waals surface area contributed by atoms with E-state index in [1.807, 2.05) is 31.2 Å². The number of nitrogens with one attached hydrogen (secondary N) is 1. The van der Waals surface area contributed by atoms with Crippen molar-refractivity contribution in [3.63, 3.8) is 0 Å². The Labute approximate surface area is 141 Å². The van der Waals surface area contributed by atoms with Gasteiger partial charge < -0.3 is 15.0 Å². The lowest BCUT2D eigenvalue weighted by Gasteiger charge is -2.18. The summed E-state index contributed by atoms with van der Waals surface area (Å²) in [4.78, 5) is 37.9. The second-order valence-corrected chi connectivity index (χ2v) is 6.60. The van der Waals surface area contributed by atoms with Crippen molar-refractivity contribution in [3.05, 3.63) is 29.8 Å². The molecule has 0 spiro atoms. The summed E-state index contributed by atoms with van der Waals surface area (Å²) in [5.74, 6) is -1.40. The van der Waals surface area contributed by atoms with Crippen LogP contribution in [-0.4, -0.2) is 36.5 Å². The highest BCUT2D eigenvalue weighted by Gasteiger charge is 2.37. The fourth-order valence-electron chi connectivity index (χ4n) is 2.71. The first-order valence-electron chi connectivity index (χ1n) is 8.32. The largest absolute Gasteiger partial charge is 0.452 e. The van der Waals surface area contributed by atoms with Crippen LogP contribution >= 0.6 is 0 Å². The van der Waals surface area contributed by atoms with Gasteiger partial charge >= 0.3 is 5.97 Å². The van der Waals surface area contributed by atoms with Gasteiger partial charge in [0.25, 0.3) is 5.91 Å². The van der Waals surface area contributed by atoms with E-state index >= 15 is 0 Å². The highest BCUT2D eigenvalue weighted by molar-refractivity contribution is 5.99. The number of anilines is 1. The molecule has 0 bridgehead atoms. The van der Waals surface area contributed by atoms with Crippen molar-refractivity contribution < 1.29 is 19.1 Å². The zero-order valence-corrected chi connectivity index (χ0v) is 14.0. The number of benzene rings is 1. The Balaban J connectivity index is 1.57. The van der Waals surface area contributed by atoms with Gasteiger partial charge in [0.1, 0.15) is 0 Å². The number of hydrogen-bond acceptors (Lipinski definition) is 4. The minimum absolute atomic E-state index is 0.101. The highest BCUT2D eigenvalue weighted by Crippen LogP contribution is 2.26. The molecule has 2 fully saturated rings. The van der Waals surface area contributed by atoms with E-state index in [0.29, 0.717) is 0 Å². The summed E-state index contributed by atoms with van der Waals surface area (Å²) in [5, 5.41) is 2.80. The minimum Gasteiger partial charge on any atom is -0.452 e. The molecule has 0 aromatic heterocycles. The van der Waals surface area contributed by atoms with E-state index in [4.69, 9.17) is 4.74 Å². The lowest BCUT2D eigenvalue weighted by atomic mass is 10.1. The smallest absolute Gasteiger partial charge is 0.312 e. The third kappa shape index (κ3) is 3.75. The van der Waals surface area contributed by atoms with E-state index < -0.39 is 18.0 Å². The van der Waals surface area contributed by atoms with Crippen LogP contribution in [-0.2, 0) is 19.1 Å². The molecule has 1 N–H and O–H groups in total. The van der Waals surface area contributed by atoms with Crippen molar-refractivity contribution in [2.45, 2.75) is 45.3 Å². The number of carbonyl (C=O) groups is 3. The van der Waals surface area contributed by atoms with Crippen molar-refractivity contribution in [2.24, 2.45) is 5.92 Å². The van der Waals surface area contributed by atoms with Crippen molar-refractivity contribution in [1.82, 2.24) is 5.32 Å². The molecule has 24 heavy (non-hydrogen) atoms. The third-order valence-corrected chi connectivity index (χ3v) is 4.39. The molecule has 1 saturated heterocycles. The lowest BCUT2D eigenvalue weighted by Crippen LogP contribution is -2.38. The zero-order chi connectivity index (χ0) is 17.3. The summed E-state index contributed by atoms with van der Waals surface area (Å²) in [6.07, 6.45) is 1.25. The monoisotopic (exact) mass is 330 g/mol. The van der Waals surface area contributed by atoms with Crippen LogP contribution in [0.4, 0.5) is 5.69 Å². The van der Waals surface area contributed by atoms with E-state index in [9.17, 15) is 14.4 Å². The summed E-state index contributed by atoms with van der Waals surface area (Å²) in [6, 6.07) is 7.82. The molecule has 1 aliphatic carbocycles. The molecular weight excluding hydrogens is 308 g/mol. The van der Waals surface area contributed by atoms with Gasteiger partial charge in [-0.2, -0.15) is 0 Å². The molecule has 3 rings (SSSR count). The standard InChI is InChI=1S/C18H22N2O4/c1-11-3-7-15(8-4-11)20-10-13(9-16(20)21)18(23)24-12(2)17(22)19-14-5-6-14/h3-4,7-8,12-14H,5-6,9-10H2,1-2H3,(H,19,22)/t12-,13+/m1/s1. The Kier molecular flexibility index (Phi) is 4.55.